The topological polar surface area (TPSA) is 85.6 Å². The van der Waals surface area contributed by atoms with Crippen molar-refractivity contribution in [2.24, 2.45) is 5.10 Å². The minimum absolute atomic E-state index is 0.0350. The molecule has 0 bridgehead atoms. The number of hydrazone groups is 1. The first-order valence-electron chi connectivity index (χ1n) is 9.36. The molecule has 1 amide bonds. The minimum Gasteiger partial charge on any atom is -0.434 e. The molecule has 3 aromatic rings. The number of carbonyl (C=O) groups excluding carboxylic acids is 1. The molecule has 4 rings (SSSR count). The first kappa shape index (κ1) is 19.7. The summed E-state index contributed by atoms with van der Waals surface area (Å²) in [4.78, 5) is 29.5. The SMILES string of the molecule is C/C(=N/NC(=O)c1ccc2c(=O)n3c(nc2c1)CCC3)c1ccccc1OC(F)F. The van der Waals surface area contributed by atoms with Crippen molar-refractivity contribution < 1.29 is 18.3 Å². The first-order chi connectivity index (χ1) is 14.4. The van der Waals surface area contributed by atoms with Crippen LogP contribution in [0.3, 0.4) is 0 Å². The van der Waals surface area contributed by atoms with Crippen molar-refractivity contribution in [1.82, 2.24) is 15.0 Å². The Morgan fingerprint density at radius 1 is 1.27 bits per heavy atom. The van der Waals surface area contributed by atoms with Crippen LogP contribution in [0.2, 0.25) is 0 Å². The number of benzene rings is 2. The third kappa shape index (κ3) is 3.78. The summed E-state index contributed by atoms with van der Waals surface area (Å²) in [6.45, 7) is -0.742. The van der Waals surface area contributed by atoms with Crippen LogP contribution in [0.4, 0.5) is 8.78 Å². The molecular formula is C21H18F2N4O3. The summed E-state index contributed by atoms with van der Waals surface area (Å²) in [6, 6.07) is 10.8. The fourth-order valence-electron chi connectivity index (χ4n) is 3.45. The van der Waals surface area contributed by atoms with Gasteiger partial charge in [-0.1, -0.05) is 12.1 Å². The van der Waals surface area contributed by atoms with E-state index in [1.807, 2.05) is 0 Å². The number of fused-ring (bicyclic) bond motifs is 2. The molecule has 30 heavy (non-hydrogen) atoms. The average Bonchev–Trinajstić information content (AvgIpc) is 3.20. The van der Waals surface area contributed by atoms with Gasteiger partial charge in [-0.3, -0.25) is 14.2 Å². The molecule has 1 aliphatic heterocycles. The third-order valence-corrected chi connectivity index (χ3v) is 4.90. The van der Waals surface area contributed by atoms with E-state index in [1.54, 1.807) is 41.8 Å². The highest BCUT2D eigenvalue weighted by atomic mass is 19.3. The normalized spacial score (nSPS) is 13.5. The molecule has 1 aromatic heterocycles. The lowest BCUT2D eigenvalue weighted by molar-refractivity contribution is -0.0499. The Morgan fingerprint density at radius 3 is 2.87 bits per heavy atom. The predicted octanol–water partition coefficient (Wildman–Crippen LogP) is 3.10. The van der Waals surface area contributed by atoms with Gasteiger partial charge in [0, 0.05) is 24.1 Å². The number of hydrogen-bond donors (Lipinski definition) is 1. The van der Waals surface area contributed by atoms with Gasteiger partial charge in [-0.25, -0.2) is 10.4 Å². The highest BCUT2D eigenvalue weighted by molar-refractivity contribution is 6.03. The summed E-state index contributed by atoms with van der Waals surface area (Å²) >= 11 is 0. The minimum atomic E-state index is -2.97. The molecule has 2 heterocycles. The highest BCUT2D eigenvalue weighted by Crippen LogP contribution is 2.21. The van der Waals surface area contributed by atoms with Crippen LogP contribution >= 0.6 is 0 Å². The first-order valence-corrected chi connectivity index (χ1v) is 9.36. The van der Waals surface area contributed by atoms with Crippen LogP contribution in [0.1, 0.15) is 35.1 Å². The van der Waals surface area contributed by atoms with Gasteiger partial charge in [-0.2, -0.15) is 13.9 Å². The van der Waals surface area contributed by atoms with Crippen LogP contribution in [0, 0.1) is 0 Å². The maximum atomic E-state index is 12.6. The smallest absolute Gasteiger partial charge is 0.387 e. The number of amides is 1. The predicted molar refractivity (Wildman–Crippen MR) is 107 cm³/mol. The Hall–Kier alpha value is -3.62. The number of nitrogens with one attached hydrogen (secondary N) is 1. The molecule has 9 heteroatoms. The number of aryl methyl sites for hydroxylation is 1. The van der Waals surface area contributed by atoms with E-state index in [-0.39, 0.29) is 16.9 Å². The van der Waals surface area contributed by atoms with Crippen LogP contribution in [0.15, 0.2) is 52.4 Å². The molecule has 7 nitrogen and oxygen atoms in total. The second-order valence-corrected chi connectivity index (χ2v) is 6.83. The lowest BCUT2D eigenvalue weighted by Crippen LogP contribution is -2.22. The molecule has 2 aromatic carbocycles. The van der Waals surface area contributed by atoms with Gasteiger partial charge in [0.25, 0.3) is 11.5 Å². The van der Waals surface area contributed by atoms with Gasteiger partial charge in [0.1, 0.15) is 11.6 Å². The van der Waals surface area contributed by atoms with E-state index < -0.39 is 12.5 Å². The lowest BCUT2D eigenvalue weighted by atomic mass is 10.1. The zero-order valence-corrected chi connectivity index (χ0v) is 16.1. The monoisotopic (exact) mass is 412 g/mol. The Bertz CT molecular complexity index is 1220. The zero-order chi connectivity index (χ0) is 21.3. The van der Waals surface area contributed by atoms with Crippen LogP contribution in [0.5, 0.6) is 5.75 Å². The van der Waals surface area contributed by atoms with Crippen molar-refractivity contribution in [3.05, 3.63) is 69.8 Å². The molecule has 0 aliphatic carbocycles. The molecule has 1 N–H and O–H groups in total. The number of rotatable bonds is 5. The number of para-hydroxylation sites is 1. The summed E-state index contributed by atoms with van der Waals surface area (Å²) in [7, 11) is 0. The number of ether oxygens (including phenoxy) is 1. The summed E-state index contributed by atoms with van der Waals surface area (Å²) in [5.41, 5.74) is 3.67. The van der Waals surface area contributed by atoms with E-state index in [4.69, 9.17) is 0 Å². The van der Waals surface area contributed by atoms with Gasteiger partial charge in [0.15, 0.2) is 0 Å². The second-order valence-electron chi connectivity index (χ2n) is 6.83. The van der Waals surface area contributed by atoms with Crippen LogP contribution in [-0.2, 0) is 13.0 Å². The Balaban J connectivity index is 1.58. The van der Waals surface area contributed by atoms with Gasteiger partial charge >= 0.3 is 6.61 Å². The number of nitrogens with zero attached hydrogens (tertiary/aromatic N) is 3. The molecule has 0 radical (unpaired) electrons. The molecule has 154 valence electrons. The summed E-state index contributed by atoms with van der Waals surface area (Å²) in [6.07, 6.45) is 1.60. The molecule has 0 saturated heterocycles. The molecule has 0 saturated carbocycles. The summed E-state index contributed by atoms with van der Waals surface area (Å²) < 4.78 is 31.3. The van der Waals surface area contributed by atoms with E-state index in [0.29, 0.717) is 28.7 Å². The van der Waals surface area contributed by atoms with Gasteiger partial charge < -0.3 is 4.74 Å². The van der Waals surface area contributed by atoms with Gasteiger partial charge in [-0.05, 0) is 43.7 Å². The number of carbonyl (C=O) groups is 1. The Labute approximate surface area is 170 Å². The molecule has 0 unspecified atom stereocenters. The van der Waals surface area contributed by atoms with Gasteiger partial charge in [-0.15, -0.1) is 0 Å². The van der Waals surface area contributed by atoms with Crippen molar-refractivity contribution in [3.8, 4) is 5.75 Å². The maximum absolute atomic E-state index is 12.6. The second kappa shape index (κ2) is 8.02. The summed E-state index contributed by atoms with van der Waals surface area (Å²) in [5, 5.41) is 4.45. The van der Waals surface area contributed by atoms with Crippen molar-refractivity contribution in [2.45, 2.75) is 32.9 Å². The Morgan fingerprint density at radius 2 is 2.07 bits per heavy atom. The molecule has 0 fully saturated rings. The molecular weight excluding hydrogens is 394 g/mol. The fraction of sp³-hybridized carbons (Fsp3) is 0.238. The highest BCUT2D eigenvalue weighted by Gasteiger charge is 2.17. The summed E-state index contributed by atoms with van der Waals surface area (Å²) in [5.74, 6) is 0.174. The quantitative estimate of drug-likeness (QED) is 0.516. The number of alkyl halides is 2. The zero-order valence-electron chi connectivity index (χ0n) is 16.1. The fourth-order valence-corrected chi connectivity index (χ4v) is 3.45. The van der Waals surface area contributed by atoms with Crippen LogP contribution in [0.25, 0.3) is 10.9 Å². The standard InChI is InChI=1S/C21H18F2N4O3/c1-12(14-5-2-3-6-17(14)30-21(22)23)25-26-19(28)13-8-9-15-16(11-13)24-18-7-4-10-27(18)20(15)29/h2-3,5-6,8-9,11,21H,4,7,10H2,1H3,(H,26,28)/b25-12-. The van der Waals surface area contributed by atoms with Crippen molar-refractivity contribution in [1.29, 1.82) is 0 Å². The van der Waals surface area contributed by atoms with E-state index in [2.05, 4.69) is 20.2 Å². The van der Waals surface area contributed by atoms with Crippen LogP contribution in [-0.4, -0.2) is 27.8 Å². The number of aromatic nitrogens is 2. The van der Waals surface area contributed by atoms with E-state index in [9.17, 15) is 18.4 Å². The Kier molecular flexibility index (Phi) is 5.26. The van der Waals surface area contributed by atoms with Crippen molar-refractivity contribution in [2.75, 3.05) is 0 Å². The van der Waals surface area contributed by atoms with E-state index >= 15 is 0 Å². The van der Waals surface area contributed by atoms with E-state index in [1.165, 1.54) is 12.1 Å². The van der Waals surface area contributed by atoms with Gasteiger partial charge in [0.2, 0.25) is 0 Å². The van der Waals surface area contributed by atoms with Crippen LogP contribution < -0.4 is 15.7 Å². The van der Waals surface area contributed by atoms with Crippen molar-refractivity contribution in [3.63, 3.8) is 0 Å². The average molecular weight is 412 g/mol. The van der Waals surface area contributed by atoms with Crippen molar-refractivity contribution >= 4 is 22.5 Å². The largest absolute Gasteiger partial charge is 0.434 e. The maximum Gasteiger partial charge on any atom is 0.387 e. The molecule has 0 spiro atoms. The van der Waals surface area contributed by atoms with Gasteiger partial charge in [0.05, 0.1) is 16.6 Å². The molecule has 0 atom stereocenters. The lowest BCUT2D eigenvalue weighted by Gasteiger charge is -2.10. The molecule has 1 aliphatic rings. The third-order valence-electron chi connectivity index (χ3n) is 4.90. The number of halogens is 2. The number of hydrogen-bond acceptors (Lipinski definition) is 5. The van der Waals surface area contributed by atoms with E-state index in [0.717, 1.165) is 18.7 Å².